The molecule has 7 atom stereocenters. The van der Waals surface area contributed by atoms with Crippen LogP contribution in [-0.2, 0) is 4.74 Å². The third kappa shape index (κ3) is 1.36. The molecule has 0 aromatic rings. The van der Waals surface area contributed by atoms with Gasteiger partial charge >= 0.3 is 0 Å². The first kappa shape index (κ1) is 12.8. The van der Waals surface area contributed by atoms with E-state index >= 15 is 0 Å². The Balaban J connectivity index is 1.76. The van der Waals surface area contributed by atoms with Crippen LogP contribution in [0.3, 0.4) is 0 Å². The van der Waals surface area contributed by atoms with Gasteiger partial charge in [0, 0.05) is 17.4 Å². The second-order valence-corrected chi connectivity index (χ2v) is 7.54. The van der Waals surface area contributed by atoms with Crippen molar-refractivity contribution in [2.24, 2.45) is 11.3 Å². The van der Waals surface area contributed by atoms with Gasteiger partial charge in [0.15, 0.2) is 0 Å². The molecule has 1 spiro atoms. The molecule has 2 heterocycles. The van der Waals surface area contributed by atoms with Crippen LogP contribution >= 0.6 is 0 Å². The van der Waals surface area contributed by atoms with E-state index in [4.69, 9.17) is 4.74 Å². The van der Waals surface area contributed by atoms with E-state index in [-0.39, 0.29) is 17.6 Å². The summed E-state index contributed by atoms with van der Waals surface area (Å²) in [5.74, 6) is 0.429. The maximum Gasteiger partial charge on any atom is 0.106 e. The minimum absolute atomic E-state index is 0.0506. The highest BCUT2D eigenvalue weighted by Gasteiger charge is 2.66. The monoisotopic (exact) mass is 289 g/mol. The highest BCUT2D eigenvalue weighted by molar-refractivity contribution is 5.44. The summed E-state index contributed by atoms with van der Waals surface area (Å²) in [4.78, 5) is 2.48. The van der Waals surface area contributed by atoms with Gasteiger partial charge in [-0.1, -0.05) is 17.7 Å². The number of aliphatic hydroxyl groups excluding tert-OH is 2. The largest absolute Gasteiger partial charge is 0.390 e. The first-order valence-corrected chi connectivity index (χ1v) is 8.25. The number of hydrogen-bond acceptors (Lipinski definition) is 4. The molecule has 2 N–H and O–H groups in total. The van der Waals surface area contributed by atoms with Crippen LogP contribution in [0.25, 0.3) is 0 Å². The van der Waals surface area contributed by atoms with E-state index in [0.717, 1.165) is 32.2 Å². The van der Waals surface area contributed by atoms with E-state index in [2.05, 4.69) is 18.0 Å². The van der Waals surface area contributed by atoms with E-state index in [0.29, 0.717) is 12.0 Å². The van der Waals surface area contributed by atoms with Gasteiger partial charge < -0.3 is 19.8 Å². The van der Waals surface area contributed by atoms with E-state index in [9.17, 15) is 10.2 Å². The predicted molar refractivity (Wildman–Crippen MR) is 77.6 cm³/mol. The number of nitrogens with zero attached hydrogens (tertiary/aromatic N) is 1. The Kier molecular flexibility index (Phi) is 2.44. The molecule has 114 valence electrons. The molecule has 0 aromatic heterocycles. The van der Waals surface area contributed by atoms with Gasteiger partial charge in [-0.05, 0) is 44.8 Å². The molecular weight excluding hydrogens is 266 g/mol. The summed E-state index contributed by atoms with van der Waals surface area (Å²) in [6.45, 7) is 1.06. The molecule has 2 aliphatic heterocycles. The first-order chi connectivity index (χ1) is 10.1. The van der Waals surface area contributed by atoms with E-state index in [1.807, 2.05) is 6.08 Å². The fourth-order valence-corrected chi connectivity index (χ4v) is 5.91. The predicted octanol–water partition coefficient (Wildman–Crippen LogP) is 0.846. The normalized spacial score (nSPS) is 54.8. The Hall–Kier alpha value is -0.680. The average Bonchev–Trinajstić information content (AvgIpc) is 2.83. The maximum absolute atomic E-state index is 10.5. The molecule has 21 heavy (non-hydrogen) atoms. The van der Waals surface area contributed by atoms with E-state index in [1.54, 1.807) is 0 Å². The number of rotatable bonds is 0. The van der Waals surface area contributed by atoms with E-state index in [1.165, 1.54) is 11.1 Å². The zero-order valence-electron chi connectivity index (χ0n) is 12.4. The molecule has 2 saturated heterocycles. The number of hydrogen-bond donors (Lipinski definition) is 2. The minimum atomic E-state index is -0.532. The molecule has 0 saturated carbocycles. The SMILES string of the molecule is CN1CC[C@]23C4=C5CCC(O)C4O[C@H]2[C@@H](O)C=C[C@H]3[C@H]1C5. The van der Waals surface area contributed by atoms with Gasteiger partial charge in [-0.3, -0.25) is 0 Å². The highest BCUT2D eigenvalue weighted by Crippen LogP contribution is 2.64. The van der Waals surface area contributed by atoms with Crippen molar-refractivity contribution in [1.82, 2.24) is 4.90 Å². The van der Waals surface area contributed by atoms with Crippen molar-refractivity contribution in [2.75, 3.05) is 13.6 Å². The van der Waals surface area contributed by atoms with Crippen LogP contribution in [0.2, 0.25) is 0 Å². The Morgan fingerprint density at radius 1 is 1.33 bits per heavy atom. The van der Waals surface area contributed by atoms with Crippen LogP contribution in [0.1, 0.15) is 25.7 Å². The lowest BCUT2D eigenvalue weighted by atomic mass is 9.51. The van der Waals surface area contributed by atoms with Crippen molar-refractivity contribution in [3.63, 3.8) is 0 Å². The lowest BCUT2D eigenvalue weighted by Gasteiger charge is -2.58. The topological polar surface area (TPSA) is 52.9 Å². The molecule has 4 heteroatoms. The lowest BCUT2D eigenvalue weighted by molar-refractivity contribution is -0.111. The third-order valence-corrected chi connectivity index (χ3v) is 6.79. The van der Waals surface area contributed by atoms with Crippen molar-refractivity contribution < 1.29 is 14.9 Å². The number of ether oxygens (including phenoxy) is 1. The van der Waals surface area contributed by atoms with Crippen molar-refractivity contribution in [3.8, 4) is 0 Å². The van der Waals surface area contributed by atoms with Crippen molar-refractivity contribution in [3.05, 3.63) is 23.3 Å². The summed E-state index contributed by atoms with van der Waals surface area (Å²) in [5, 5.41) is 20.9. The summed E-state index contributed by atoms with van der Waals surface area (Å²) in [5.41, 5.74) is 2.84. The molecule has 5 rings (SSSR count). The maximum atomic E-state index is 10.5. The van der Waals surface area contributed by atoms with Gasteiger partial charge in [-0.15, -0.1) is 0 Å². The molecular formula is C17H23NO3. The first-order valence-electron chi connectivity index (χ1n) is 8.25. The van der Waals surface area contributed by atoms with Crippen LogP contribution in [0.4, 0.5) is 0 Å². The summed E-state index contributed by atoms with van der Waals surface area (Å²) >= 11 is 0. The summed E-state index contributed by atoms with van der Waals surface area (Å²) in [7, 11) is 2.22. The fraction of sp³-hybridized carbons (Fsp3) is 0.765. The Bertz CT molecular complexity index is 556. The zero-order chi connectivity index (χ0) is 14.4. The molecule has 4 nitrogen and oxygen atoms in total. The molecule has 2 bridgehead atoms. The van der Waals surface area contributed by atoms with Gasteiger partial charge in [-0.25, -0.2) is 0 Å². The third-order valence-electron chi connectivity index (χ3n) is 6.79. The van der Waals surface area contributed by atoms with Crippen molar-refractivity contribution in [1.29, 1.82) is 0 Å². The Morgan fingerprint density at radius 2 is 2.19 bits per heavy atom. The van der Waals surface area contributed by atoms with E-state index < -0.39 is 12.2 Å². The van der Waals surface area contributed by atoms with Crippen LogP contribution in [0.15, 0.2) is 23.3 Å². The van der Waals surface area contributed by atoms with Gasteiger partial charge in [-0.2, -0.15) is 0 Å². The summed E-state index contributed by atoms with van der Waals surface area (Å²) in [6, 6.07) is 0.529. The molecule has 2 fully saturated rings. The highest BCUT2D eigenvalue weighted by atomic mass is 16.5. The quantitative estimate of drug-likeness (QED) is 0.649. The molecule has 3 aliphatic carbocycles. The minimum Gasteiger partial charge on any atom is -0.390 e. The summed E-state index contributed by atoms with van der Waals surface area (Å²) in [6.07, 6.45) is 6.86. The molecule has 5 aliphatic rings. The molecule has 0 aromatic carbocycles. The second-order valence-electron chi connectivity index (χ2n) is 7.54. The van der Waals surface area contributed by atoms with Gasteiger partial charge in [0.2, 0.25) is 0 Å². The molecule has 0 amide bonds. The van der Waals surface area contributed by atoms with Crippen molar-refractivity contribution >= 4 is 0 Å². The van der Waals surface area contributed by atoms with Crippen LogP contribution < -0.4 is 0 Å². The van der Waals surface area contributed by atoms with Crippen LogP contribution in [-0.4, -0.2) is 59.2 Å². The smallest absolute Gasteiger partial charge is 0.106 e. The fourth-order valence-electron chi connectivity index (χ4n) is 5.91. The van der Waals surface area contributed by atoms with Gasteiger partial charge in [0.25, 0.3) is 0 Å². The van der Waals surface area contributed by atoms with Crippen LogP contribution in [0, 0.1) is 11.3 Å². The number of likely N-dealkylation sites (tertiary alicyclic amines) is 1. The van der Waals surface area contributed by atoms with Crippen molar-refractivity contribution in [2.45, 2.75) is 56.1 Å². The summed E-state index contributed by atoms with van der Waals surface area (Å²) < 4.78 is 6.26. The molecule has 2 unspecified atom stereocenters. The zero-order valence-corrected chi connectivity index (χ0v) is 12.4. The lowest BCUT2D eigenvalue weighted by Crippen LogP contribution is -2.61. The van der Waals surface area contributed by atoms with Gasteiger partial charge in [0.05, 0.1) is 18.3 Å². The molecule has 0 radical (unpaired) electrons. The standard InChI is InChI=1S/C17H23NO3/c1-18-7-6-17-10-3-5-13(20)16(17)21-15-12(19)4-2-9(14(15)17)8-11(10)18/h3,5,10-13,15-16,19-20H,2,4,6-8H2,1H3/t10-,11+,12?,13-,15?,16-,17-/m0/s1. The van der Waals surface area contributed by atoms with Gasteiger partial charge in [0.1, 0.15) is 6.10 Å². The Morgan fingerprint density at radius 3 is 3.05 bits per heavy atom. The second kappa shape index (κ2) is 3.99. The number of piperidine rings is 1. The Labute approximate surface area is 125 Å². The number of aliphatic hydroxyl groups is 2. The average molecular weight is 289 g/mol. The van der Waals surface area contributed by atoms with Crippen LogP contribution in [0.5, 0.6) is 0 Å².